The molecule has 1 unspecified atom stereocenters. The summed E-state index contributed by atoms with van der Waals surface area (Å²) >= 11 is 6.11. The summed E-state index contributed by atoms with van der Waals surface area (Å²) in [4.78, 5) is 36.8. The van der Waals surface area contributed by atoms with Gasteiger partial charge in [0, 0.05) is 22.6 Å². The zero-order chi connectivity index (χ0) is 16.6. The summed E-state index contributed by atoms with van der Waals surface area (Å²) in [5.41, 5.74) is 2.10. The molecule has 1 aromatic carbocycles. The minimum Gasteiger partial charge on any atom is -0.478 e. The lowest BCUT2D eigenvalue weighted by Crippen LogP contribution is -2.31. The van der Waals surface area contributed by atoms with Crippen LogP contribution in [0.2, 0.25) is 0 Å². The second kappa shape index (κ2) is 6.01. The zero-order valence-corrected chi connectivity index (χ0v) is 12.9. The quantitative estimate of drug-likeness (QED) is 0.525. The molecule has 0 radical (unpaired) electrons. The van der Waals surface area contributed by atoms with Crippen LogP contribution < -0.4 is 4.90 Å². The molecule has 1 aliphatic carbocycles. The number of carbonyl (C=O) groups excluding carboxylic acids is 2. The molecule has 118 valence electrons. The van der Waals surface area contributed by atoms with Gasteiger partial charge in [-0.1, -0.05) is 12.1 Å². The van der Waals surface area contributed by atoms with Gasteiger partial charge in [-0.15, -0.1) is 11.6 Å². The van der Waals surface area contributed by atoms with E-state index in [1.54, 1.807) is 24.3 Å². The topological polar surface area (TPSA) is 74.7 Å². The van der Waals surface area contributed by atoms with E-state index in [0.29, 0.717) is 41.7 Å². The highest BCUT2D eigenvalue weighted by atomic mass is 35.5. The Bertz CT molecular complexity index is 766. The molecule has 1 aromatic rings. The van der Waals surface area contributed by atoms with E-state index in [0.717, 1.165) is 11.0 Å². The van der Waals surface area contributed by atoms with Crippen molar-refractivity contribution in [2.75, 3.05) is 4.90 Å². The van der Waals surface area contributed by atoms with Gasteiger partial charge in [0.2, 0.25) is 0 Å². The van der Waals surface area contributed by atoms with Crippen molar-refractivity contribution in [2.24, 2.45) is 0 Å². The van der Waals surface area contributed by atoms with Crippen molar-refractivity contribution in [3.05, 3.63) is 47.1 Å². The second-order valence-electron chi connectivity index (χ2n) is 5.51. The van der Waals surface area contributed by atoms with Gasteiger partial charge >= 0.3 is 5.97 Å². The first-order valence-electron chi connectivity index (χ1n) is 7.23. The highest BCUT2D eigenvalue weighted by Crippen LogP contribution is 2.37. The first-order chi connectivity index (χ1) is 11.0. The van der Waals surface area contributed by atoms with E-state index in [4.69, 9.17) is 16.7 Å². The second-order valence-corrected chi connectivity index (χ2v) is 6.13. The lowest BCUT2D eigenvalue weighted by Gasteiger charge is -2.15. The first kappa shape index (κ1) is 15.5. The van der Waals surface area contributed by atoms with Crippen LogP contribution in [-0.2, 0) is 14.4 Å². The van der Waals surface area contributed by atoms with Crippen molar-refractivity contribution in [1.82, 2.24) is 0 Å². The number of anilines is 1. The fourth-order valence-electron chi connectivity index (χ4n) is 2.88. The Morgan fingerprint density at radius 1 is 1.26 bits per heavy atom. The Morgan fingerprint density at radius 2 is 2.00 bits per heavy atom. The molecule has 0 saturated heterocycles. The van der Waals surface area contributed by atoms with Crippen LogP contribution in [0.4, 0.5) is 5.69 Å². The third-order valence-corrected chi connectivity index (χ3v) is 4.34. The molecule has 3 rings (SSSR count). The Hall–Kier alpha value is -2.40. The van der Waals surface area contributed by atoms with Crippen molar-refractivity contribution in [3.63, 3.8) is 0 Å². The van der Waals surface area contributed by atoms with Gasteiger partial charge in [0.1, 0.15) is 0 Å². The van der Waals surface area contributed by atoms with E-state index in [1.807, 2.05) is 0 Å². The van der Waals surface area contributed by atoms with Crippen LogP contribution in [0.1, 0.15) is 24.8 Å². The summed E-state index contributed by atoms with van der Waals surface area (Å²) in [6.07, 6.45) is 4.04. The molecule has 5 nitrogen and oxygen atoms in total. The van der Waals surface area contributed by atoms with E-state index in [1.165, 1.54) is 6.08 Å². The highest BCUT2D eigenvalue weighted by molar-refractivity contribution is 6.34. The fraction of sp³-hybridized carbons (Fsp3) is 0.235. The van der Waals surface area contributed by atoms with Crippen LogP contribution in [-0.4, -0.2) is 28.3 Å². The maximum Gasteiger partial charge on any atom is 0.328 e. The number of hydrogen-bond acceptors (Lipinski definition) is 3. The molecule has 1 N–H and O–H groups in total. The maximum atomic E-state index is 12.6. The van der Waals surface area contributed by atoms with E-state index >= 15 is 0 Å². The number of halogens is 1. The number of amides is 2. The molecule has 1 aliphatic heterocycles. The number of carbonyl (C=O) groups is 3. The number of carboxylic acids is 1. The van der Waals surface area contributed by atoms with Gasteiger partial charge < -0.3 is 5.11 Å². The third kappa shape index (κ3) is 2.92. The number of alkyl halides is 1. The predicted molar refractivity (Wildman–Crippen MR) is 86.1 cm³/mol. The largest absolute Gasteiger partial charge is 0.478 e. The van der Waals surface area contributed by atoms with Crippen LogP contribution in [0.3, 0.4) is 0 Å². The summed E-state index contributed by atoms with van der Waals surface area (Å²) in [6.45, 7) is 0. The molecule has 1 atom stereocenters. The van der Waals surface area contributed by atoms with Crippen molar-refractivity contribution in [2.45, 2.75) is 24.6 Å². The molecule has 0 fully saturated rings. The average Bonchev–Trinajstić information content (AvgIpc) is 2.76. The number of carboxylic acid groups (broad SMARTS) is 1. The normalized spacial score (nSPS) is 21.3. The average molecular weight is 332 g/mol. The molecule has 0 bridgehead atoms. The summed E-state index contributed by atoms with van der Waals surface area (Å²) in [7, 11) is 0. The lowest BCUT2D eigenvalue weighted by molar-refractivity contribution is -0.131. The van der Waals surface area contributed by atoms with Gasteiger partial charge in [-0.25, -0.2) is 9.69 Å². The Balaban J connectivity index is 1.92. The molecule has 1 heterocycles. The van der Waals surface area contributed by atoms with E-state index in [-0.39, 0.29) is 17.2 Å². The highest BCUT2D eigenvalue weighted by Gasteiger charge is 2.41. The monoisotopic (exact) mass is 331 g/mol. The summed E-state index contributed by atoms with van der Waals surface area (Å²) in [5, 5.41) is 8.56. The maximum absolute atomic E-state index is 12.6. The number of aliphatic carboxylic acids is 1. The van der Waals surface area contributed by atoms with Gasteiger partial charge in [0.05, 0.1) is 5.69 Å². The number of rotatable bonds is 3. The van der Waals surface area contributed by atoms with Crippen molar-refractivity contribution < 1.29 is 19.5 Å². The Morgan fingerprint density at radius 3 is 2.74 bits per heavy atom. The molecule has 2 amide bonds. The van der Waals surface area contributed by atoms with Crippen LogP contribution in [0.15, 0.2) is 41.5 Å². The van der Waals surface area contributed by atoms with Crippen molar-refractivity contribution in [3.8, 4) is 0 Å². The lowest BCUT2D eigenvalue weighted by atomic mass is 9.93. The first-order valence-corrected chi connectivity index (χ1v) is 7.67. The number of benzene rings is 1. The molecule has 6 heteroatoms. The smallest absolute Gasteiger partial charge is 0.328 e. The van der Waals surface area contributed by atoms with Gasteiger partial charge in [-0.2, -0.15) is 0 Å². The van der Waals surface area contributed by atoms with E-state index in [2.05, 4.69) is 0 Å². The van der Waals surface area contributed by atoms with Gasteiger partial charge in [-0.3, -0.25) is 9.59 Å². The predicted octanol–water partition coefficient (Wildman–Crippen LogP) is 2.75. The van der Waals surface area contributed by atoms with Crippen molar-refractivity contribution >= 4 is 41.1 Å². The molecule has 0 saturated carbocycles. The SMILES string of the molecule is O=C(O)C=Cc1cccc(N2C(=O)C3=C(CC(Cl)CC3)C2=O)c1. The Kier molecular flexibility index (Phi) is 4.05. The van der Waals surface area contributed by atoms with Crippen LogP contribution in [0.5, 0.6) is 0 Å². The number of imide groups is 1. The number of hydrogen-bond donors (Lipinski definition) is 1. The molecule has 0 spiro atoms. The summed E-state index contributed by atoms with van der Waals surface area (Å²) in [5.74, 6) is -1.68. The molecule has 23 heavy (non-hydrogen) atoms. The molecular formula is C17H14ClNO4. The van der Waals surface area contributed by atoms with E-state index in [9.17, 15) is 14.4 Å². The van der Waals surface area contributed by atoms with Crippen molar-refractivity contribution in [1.29, 1.82) is 0 Å². The van der Waals surface area contributed by atoms with Crippen LogP contribution in [0, 0.1) is 0 Å². The van der Waals surface area contributed by atoms with Gasteiger partial charge in [0.15, 0.2) is 0 Å². The summed E-state index contributed by atoms with van der Waals surface area (Å²) < 4.78 is 0. The van der Waals surface area contributed by atoms with Crippen LogP contribution in [0.25, 0.3) is 6.08 Å². The standard InChI is InChI=1S/C17H14ClNO4/c18-11-5-6-13-14(9-11)17(23)19(16(13)22)12-3-1-2-10(8-12)4-7-15(20)21/h1-4,7-8,11H,5-6,9H2,(H,20,21). The van der Waals surface area contributed by atoms with Gasteiger partial charge in [-0.05, 0) is 43.0 Å². The molecule has 0 aromatic heterocycles. The van der Waals surface area contributed by atoms with E-state index < -0.39 is 5.97 Å². The minimum atomic E-state index is -1.06. The number of nitrogens with zero attached hydrogens (tertiary/aromatic N) is 1. The molecule has 2 aliphatic rings. The summed E-state index contributed by atoms with van der Waals surface area (Å²) in [6, 6.07) is 6.66. The zero-order valence-electron chi connectivity index (χ0n) is 12.2. The fourth-order valence-corrected chi connectivity index (χ4v) is 3.15. The molecular weight excluding hydrogens is 318 g/mol. The van der Waals surface area contributed by atoms with Crippen LogP contribution >= 0.6 is 11.6 Å². The minimum absolute atomic E-state index is 0.115. The van der Waals surface area contributed by atoms with Gasteiger partial charge in [0.25, 0.3) is 11.8 Å². The third-order valence-electron chi connectivity index (χ3n) is 3.97. The Labute approximate surface area is 137 Å².